The van der Waals surface area contributed by atoms with Gasteiger partial charge in [0.1, 0.15) is 0 Å². The number of carbonyl (C=O) groups is 2. The van der Waals surface area contributed by atoms with Gasteiger partial charge in [-0.05, 0) is 0 Å². The molecule has 8 nitrogen and oxygen atoms in total. The number of carbonyl (C=O) groups excluding carboxylic acids is 2. The molecular weight excluding hydrogens is 731 g/mol. The summed E-state index contributed by atoms with van der Waals surface area (Å²) in [5.41, 5.74) is 5.90. The van der Waals surface area contributed by atoms with E-state index in [-0.39, 0.29) is 23.1 Å². The molecule has 4 rings (SSSR count). The van der Waals surface area contributed by atoms with Crippen molar-refractivity contribution in [3.63, 3.8) is 0 Å². The minimum absolute atomic E-state index is 0.0689. The number of amidine groups is 1. The monoisotopic (exact) mass is 757 g/mol. The molecule has 3 amide bonds. The van der Waals surface area contributed by atoms with Gasteiger partial charge in [0.25, 0.3) is 0 Å². The molecule has 0 saturated heterocycles. The molecular formula is C28H27ClF6IN5O3. The predicted octanol–water partition coefficient (Wildman–Crippen LogP) is 5.95. The van der Waals surface area contributed by atoms with Crippen LogP contribution in [0.15, 0.2) is 62.7 Å². The summed E-state index contributed by atoms with van der Waals surface area (Å²) >= 11 is 3.28. The van der Waals surface area contributed by atoms with Gasteiger partial charge < -0.3 is 0 Å². The number of benzene rings is 2. The number of aliphatic hydroxyl groups excluding tert-OH is 1. The first-order valence-corrected chi connectivity index (χ1v) is 17.1. The van der Waals surface area contributed by atoms with E-state index < -0.39 is 74.1 Å². The molecule has 1 heterocycles. The molecule has 16 heteroatoms. The maximum atomic E-state index is 13.4. The summed E-state index contributed by atoms with van der Waals surface area (Å²) < 4.78 is 81.4. The molecule has 0 spiro atoms. The molecule has 1 aliphatic heterocycles. The van der Waals surface area contributed by atoms with Crippen LogP contribution in [0.3, 0.4) is 0 Å². The zero-order valence-electron chi connectivity index (χ0n) is 22.8. The molecule has 2 atom stereocenters. The Morgan fingerprint density at radius 1 is 1.16 bits per heavy atom. The molecule has 2 aromatic rings. The first-order valence-electron chi connectivity index (χ1n) is 13.1. The van der Waals surface area contributed by atoms with Gasteiger partial charge in [-0.1, -0.05) is 11.6 Å². The Labute approximate surface area is 260 Å². The van der Waals surface area contributed by atoms with Crippen molar-refractivity contribution < 1.29 is 41.0 Å². The number of halogens is 8. The Morgan fingerprint density at radius 3 is 2.45 bits per heavy atom. The Kier molecular flexibility index (Phi) is 10.3. The number of allylic oxidation sites excluding steroid dienone is 1. The van der Waals surface area contributed by atoms with Gasteiger partial charge >= 0.3 is 249 Å². The first kappa shape index (κ1) is 33.7. The summed E-state index contributed by atoms with van der Waals surface area (Å²) in [7, 11) is 0. The van der Waals surface area contributed by atoms with E-state index in [9.17, 15) is 41.0 Å². The van der Waals surface area contributed by atoms with E-state index >= 15 is 0 Å². The molecule has 0 bridgehead atoms. The standard InChI is InChI=1S/C28H27ClF6IN5O3/c29-18-7-4-15(5-8-18)24(37)41(13-23(42)28(33,34)35)26(44)39-12-22-20-9-6-16(25(38)43)10-21(20)36(14-40-22)19-3-1-2-17(11-19)27(30,31)32/h1-5,7-8,11,16,23,37,42H,6,9-10,12-14H2,(H2,38,43)(H,39,44)/t16?,23-/m0/s1. The number of aliphatic imine (C=N–C) groups is 1. The molecule has 2 aliphatic rings. The van der Waals surface area contributed by atoms with Crippen LogP contribution in [0.5, 0.6) is 0 Å². The van der Waals surface area contributed by atoms with E-state index in [4.69, 9.17) is 22.7 Å². The van der Waals surface area contributed by atoms with Crippen LogP contribution >= 0.6 is 31.4 Å². The van der Waals surface area contributed by atoms with Gasteiger partial charge in [-0.3, -0.25) is 0 Å². The average molecular weight is 758 g/mol. The van der Waals surface area contributed by atoms with Crippen LogP contribution < -0.4 is 11.1 Å². The van der Waals surface area contributed by atoms with Crippen molar-refractivity contribution in [1.82, 2.24) is 10.2 Å². The van der Waals surface area contributed by atoms with Gasteiger partial charge in [-0.15, -0.1) is 0 Å². The van der Waals surface area contributed by atoms with Crippen LogP contribution in [0.1, 0.15) is 30.4 Å². The number of primary amides is 1. The summed E-state index contributed by atoms with van der Waals surface area (Å²) in [6, 6.07) is 9.34. The van der Waals surface area contributed by atoms with Crippen molar-refractivity contribution in [3.8, 4) is 0 Å². The number of rotatable bonds is 7. The molecule has 0 fully saturated rings. The fraction of sp³-hybridized carbons (Fsp3) is 0.357. The molecule has 0 saturated carbocycles. The third kappa shape index (κ3) is 7.90. The predicted molar refractivity (Wildman–Crippen MR) is 160 cm³/mol. The third-order valence-electron chi connectivity index (χ3n) is 7.08. The quantitative estimate of drug-likeness (QED) is 0.0696. The Bertz CT molecular complexity index is 1500. The van der Waals surface area contributed by atoms with Crippen molar-refractivity contribution >= 4 is 54.9 Å². The summed E-state index contributed by atoms with van der Waals surface area (Å²) in [5.74, 6) is -1.67. The van der Waals surface area contributed by atoms with Crippen molar-refractivity contribution in [3.05, 3.63) is 77.4 Å². The van der Waals surface area contributed by atoms with Crippen LogP contribution in [0.2, 0.25) is 5.02 Å². The van der Waals surface area contributed by atoms with Crippen molar-refractivity contribution in [1.29, 1.82) is 5.41 Å². The van der Waals surface area contributed by atoms with E-state index in [0.717, 1.165) is 15.7 Å². The normalized spacial score (nSPS) is 18.7. The molecule has 2 aromatic carbocycles. The molecule has 44 heavy (non-hydrogen) atoms. The minimum atomic E-state index is -5.06. The number of nitrogens with two attached hydrogens (primary N) is 1. The SMILES string of the molecule is N=C(c1ccc(Cl)cc1)N(C[C@H](O)C(F)(F)F)C(=O)NCC1=NCI(c2cccc(C(F)(F)F)c2)C2=C1CCC(C(N)=O)C2. The van der Waals surface area contributed by atoms with E-state index in [1.165, 1.54) is 30.3 Å². The second kappa shape index (κ2) is 13.4. The van der Waals surface area contributed by atoms with Gasteiger partial charge in [-0.2, -0.15) is 0 Å². The van der Waals surface area contributed by atoms with Gasteiger partial charge in [0.2, 0.25) is 0 Å². The van der Waals surface area contributed by atoms with E-state index in [1.54, 1.807) is 6.07 Å². The summed E-state index contributed by atoms with van der Waals surface area (Å²) in [4.78, 5) is 30.3. The second-order valence-corrected chi connectivity index (χ2v) is 15.7. The number of hydrogen-bond donors (Lipinski definition) is 4. The number of hydrogen-bond acceptors (Lipinski definition) is 5. The van der Waals surface area contributed by atoms with Crippen LogP contribution in [-0.2, 0) is 11.0 Å². The second-order valence-electron chi connectivity index (χ2n) is 10.0. The maximum absolute atomic E-state index is 13.4. The Hall–Kier alpha value is -3.18. The summed E-state index contributed by atoms with van der Waals surface area (Å²) in [5, 5.41) is 20.9. The fourth-order valence-electron chi connectivity index (χ4n) is 4.71. The van der Waals surface area contributed by atoms with E-state index in [2.05, 4.69) is 10.3 Å². The summed E-state index contributed by atoms with van der Waals surface area (Å²) in [6.07, 6.45) is -11.6. The molecule has 0 aromatic heterocycles. The van der Waals surface area contributed by atoms with E-state index in [1.807, 2.05) is 0 Å². The third-order valence-corrected chi connectivity index (χ3v) is 13.2. The first-order chi connectivity index (χ1) is 20.6. The van der Waals surface area contributed by atoms with Crippen molar-refractivity contribution in [2.75, 3.05) is 17.6 Å². The van der Waals surface area contributed by atoms with Gasteiger partial charge in [0.05, 0.1) is 0 Å². The average Bonchev–Trinajstić information content (AvgIpc) is 2.97. The van der Waals surface area contributed by atoms with Crippen LogP contribution in [-0.4, -0.2) is 63.4 Å². The van der Waals surface area contributed by atoms with Gasteiger partial charge in [0.15, 0.2) is 0 Å². The molecule has 1 unspecified atom stereocenters. The van der Waals surface area contributed by atoms with E-state index in [0.29, 0.717) is 37.6 Å². The molecule has 238 valence electrons. The zero-order valence-corrected chi connectivity index (χ0v) is 25.7. The number of nitrogens with zero attached hydrogens (tertiary/aromatic N) is 2. The molecule has 0 radical (unpaired) electrons. The number of nitrogens with one attached hydrogen (secondary N) is 2. The van der Waals surface area contributed by atoms with Gasteiger partial charge in [0, 0.05) is 0 Å². The van der Waals surface area contributed by atoms with Crippen LogP contribution in [0, 0.1) is 14.9 Å². The number of amides is 3. The molecule has 5 N–H and O–H groups in total. The van der Waals surface area contributed by atoms with Crippen LogP contribution in [0.25, 0.3) is 0 Å². The Morgan fingerprint density at radius 2 is 1.84 bits per heavy atom. The molecule has 1 aliphatic carbocycles. The Balaban J connectivity index is 1.60. The number of urea groups is 1. The van der Waals surface area contributed by atoms with Crippen LogP contribution in [0.4, 0.5) is 31.1 Å². The fourth-order valence-corrected chi connectivity index (χ4v) is 10.9. The van der Waals surface area contributed by atoms with Crippen molar-refractivity contribution in [2.24, 2.45) is 16.6 Å². The summed E-state index contributed by atoms with van der Waals surface area (Å²) in [6.45, 7) is -1.53. The zero-order chi connectivity index (χ0) is 32.4. The number of aliphatic hydroxyl groups is 1. The van der Waals surface area contributed by atoms with Gasteiger partial charge in [-0.25, -0.2) is 0 Å². The van der Waals surface area contributed by atoms with Crippen molar-refractivity contribution in [2.45, 2.75) is 37.7 Å². The topological polar surface area (TPSA) is 132 Å². The number of alkyl halides is 7.